The molecule has 0 spiro atoms. The molecular weight excluding hydrogens is 232 g/mol. The summed E-state index contributed by atoms with van der Waals surface area (Å²) in [6.07, 6.45) is 6.35. The summed E-state index contributed by atoms with van der Waals surface area (Å²) in [6.45, 7) is 3.19. The van der Waals surface area contributed by atoms with Crippen LogP contribution >= 0.6 is 0 Å². The molecule has 0 aliphatic heterocycles. The SMILES string of the molecule is Cc1ccc2nc3c(c(CNC4CC4)c2c1)CCC3. The van der Waals surface area contributed by atoms with Crippen LogP contribution in [0.1, 0.15) is 41.6 Å². The van der Waals surface area contributed by atoms with E-state index in [0.29, 0.717) is 0 Å². The molecule has 2 aromatic rings. The molecule has 1 aromatic carbocycles. The van der Waals surface area contributed by atoms with Crippen LogP contribution in [-0.4, -0.2) is 11.0 Å². The van der Waals surface area contributed by atoms with Gasteiger partial charge in [0.15, 0.2) is 0 Å². The van der Waals surface area contributed by atoms with Crippen LogP contribution in [-0.2, 0) is 19.4 Å². The van der Waals surface area contributed by atoms with E-state index in [1.807, 2.05) is 0 Å². The molecule has 19 heavy (non-hydrogen) atoms. The number of aryl methyl sites for hydroxylation is 2. The number of benzene rings is 1. The second kappa shape index (κ2) is 4.31. The molecule has 2 nitrogen and oxygen atoms in total. The summed E-state index contributed by atoms with van der Waals surface area (Å²) < 4.78 is 0. The minimum absolute atomic E-state index is 0.769. The molecule has 2 aliphatic carbocycles. The third-order valence-electron chi connectivity index (χ3n) is 4.43. The number of nitrogens with one attached hydrogen (secondary N) is 1. The Morgan fingerprint density at radius 1 is 1.26 bits per heavy atom. The first-order chi connectivity index (χ1) is 9.31. The lowest BCUT2D eigenvalue weighted by Crippen LogP contribution is -2.17. The summed E-state index contributed by atoms with van der Waals surface area (Å²) >= 11 is 0. The van der Waals surface area contributed by atoms with Crippen LogP contribution in [0, 0.1) is 6.92 Å². The summed E-state index contributed by atoms with van der Waals surface area (Å²) in [5.74, 6) is 0. The van der Waals surface area contributed by atoms with Gasteiger partial charge in [-0.05, 0) is 62.3 Å². The zero-order chi connectivity index (χ0) is 12.8. The monoisotopic (exact) mass is 252 g/mol. The summed E-state index contributed by atoms with van der Waals surface area (Å²) in [7, 11) is 0. The third-order valence-corrected chi connectivity index (χ3v) is 4.43. The average Bonchev–Trinajstić information content (AvgIpc) is 3.12. The van der Waals surface area contributed by atoms with Crippen LogP contribution in [0.4, 0.5) is 0 Å². The number of nitrogens with zero attached hydrogens (tertiary/aromatic N) is 1. The molecule has 1 aromatic heterocycles. The van der Waals surface area contributed by atoms with Gasteiger partial charge in [0.25, 0.3) is 0 Å². The molecule has 1 heterocycles. The zero-order valence-electron chi connectivity index (χ0n) is 11.5. The van der Waals surface area contributed by atoms with E-state index < -0.39 is 0 Å². The number of fused-ring (bicyclic) bond motifs is 2. The van der Waals surface area contributed by atoms with Crippen molar-refractivity contribution in [3.05, 3.63) is 40.6 Å². The molecule has 0 bridgehead atoms. The summed E-state index contributed by atoms with van der Waals surface area (Å²) in [6, 6.07) is 7.44. The van der Waals surface area contributed by atoms with E-state index in [1.54, 1.807) is 0 Å². The van der Waals surface area contributed by atoms with Gasteiger partial charge in [-0.25, -0.2) is 0 Å². The molecule has 0 unspecified atom stereocenters. The van der Waals surface area contributed by atoms with Gasteiger partial charge >= 0.3 is 0 Å². The van der Waals surface area contributed by atoms with E-state index >= 15 is 0 Å². The van der Waals surface area contributed by atoms with Crippen molar-refractivity contribution in [1.82, 2.24) is 10.3 Å². The lowest BCUT2D eigenvalue weighted by molar-refractivity contribution is 0.686. The van der Waals surface area contributed by atoms with Crippen molar-refractivity contribution in [2.75, 3.05) is 0 Å². The average molecular weight is 252 g/mol. The van der Waals surface area contributed by atoms with Crippen LogP contribution in [0.2, 0.25) is 0 Å². The van der Waals surface area contributed by atoms with Gasteiger partial charge in [0.2, 0.25) is 0 Å². The second-order valence-electron chi connectivity index (χ2n) is 6.04. The molecule has 1 fully saturated rings. The highest BCUT2D eigenvalue weighted by Gasteiger charge is 2.23. The van der Waals surface area contributed by atoms with Crippen molar-refractivity contribution >= 4 is 10.9 Å². The van der Waals surface area contributed by atoms with Gasteiger partial charge in [-0.1, -0.05) is 11.6 Å². The number of pyridine rings is 1. The van der Waals surface area contributed by atoms with Crippen LogP contribution in [0.3, 0.4) is 0 Å². The summed E-state index contributed by atoms with van der Waals surface area (Å²) in [4.78, 5) is 4.87. The van der Waals surface area contributed by atoms with Gasteiger partial charge < -0.3 is 5.32 Å². The Morgan fingerprint density at radius 3 is 3.00 bits per heavy atom. The van der Waals surface area contributed by atoms with E-state index in [1.165, 1.54) is 59.0 Å². The third kappa shape index (κ3) is 2.04. The molecule has 2 aliphatic rings. The quantitative estimate of drug-likeness (QED) is 0.906. The van der Waals surface area contributed by atoms with Gasteiger partial charge in [-0.2, -0.15) is 0 Å². The van der Waals surface area contributed by atoms with Crippen molar-refractivity contribution in [2.45, 2.75) is 51.6 Å². The van der Waals surface area contributed by atoms with Crippen molar-refractivity contribution in [3.8, 4) is 0 Å². The summed E-state index contributed by atoms with van der Waals surface area (Å²) in [5.41, 5.74) is 6.92. The summed E-state index contributed by atoms with van der Waals surface area (Å²) in [5, 5.41) is 5.06. The van der Waals surface area contributed by atoms with Crippen LogP contribution < -0.4 is 5.32 Å². The molecular formula is C17H20N2. The normalized spacial score (nSPS) is 17.9. The molecule has 0 radical (unpaired) electrons. The fourth-order valence-corrected chi connectivity index (χ4v) is 3.21. The minimum Gasteiger partial charge on any atom is -0.310 e. The Bertz CT molecular complexity index is 641. The predicted molar refractivity (Wildman–Crippen MR) is 78.4 cm³/mol. The standard InChI is InChI=1S/C17H20N2/c1-11-5-8-17-14(9-11)15(10-18-12-6-7-12)13-3-2-4-16(13)19-17/h5,8-9,12,18H,2-4,6-7,10H2,1H3. The lowest BCUT2D eigenvalue weighted by Gasteiger charge is -2.13. The van der Waals surface area contributed by atoms with Crippen LogP contribution in [0.25, 0.3) is 10.9 Å². The topological polar surface area (TPSA) is 24.9 Å². The van der Waals surface area contributed by atoms with E-state index in [4.69, 9.17) is 4.98 Å². The lowest BCUT2D eigenvalue weighted by atomic mass is 10.00. The fraction of sp³-hybridized carbons (Fsp3) is 0.471. The smallest absolute Gasteiger partial charge is 0.0708 e. The Kier molecular flexibility index (Phi) is 2.59. The molecule has 1 saturated carbocycles. The molecule has 0 saturated heterocycles. The maximum absolute atomic E-state index is 4.87. The van der Waals surface area contributed by atoms with Crippen LogP contribution in [0.15, 0.2) is 18.2 Å². The molecule has 98 valence electrons. The van der Waals surface area contributed by atoms with E-state index in [0.717, 1.165) is 19.0 Å². The van der Waals surface area contributed by atoms with Gasteiger partial charge in [0.1, 0.15) is 0 Å². The van der Waals surface area contributed by atoms with E-state index in [-0.39, 0.29) is 0 Å². The van der Waals surface area contributed by atoms with Crippen molar-refractivity contribution in [1.29, 1.82) is 0 Å². The Hall–Kier alpha value is -1.41. The number of aromatic nitrogens is 1. The number of rotatable bonds is 3. The first-order valence-corrected chi connectivity index (χ1v) is 7.45. The minimum atomic E-state index is 0.769. The van der Waals surface area contributed by atoms with E-state index in [9.17, 15) is 0 Å². The van der Waals surface area contributed by atoms with Gasteiger partial charge in [-0.15, -0.1) is 0 Å². The van der Waals surface area contributed by atoms with Crippen molar-refractivity contribution < 1.29 is 0 Å². The molecule has 0 amide bonds. The zero-order valence-corrected chi connectivity index (χ0v) is 11.5. The van der Waals surface area contributed by atoms with Gasteiger partial charge in [0.05, 0.1) is 5.52 Å². The number of hydrogen-bond donors (Lipinski definition) is 1. The molecule has 1 N–H and O–H groups in total. The van der Waals surface area contributed by atoms with Crippen molar-refractivity contribution in [2.24, 2.45) is 0 Å². The maximum atomic E-state index is 4.87. The first kappa shape index (κ1) is 11.4. The Balaban J connectivity index is 1.86. The predicted octanol–water partition coefficient (Wildman–Crippen LogP) is 3.28. The largest absolute Gasteiger partial charge is 0.310 e. The Labute approximate surface area is 114 Å². The molecule has 2 heteroatoms. The fourth-order valence-electron chi connectivity index (χ4n) is 3.21. The highest BCUT2D eigenvalue weighted by atomic mass is 14.9. The van der Waals surface area contributed by atoms with Gasteiger partial charge in [0, 0.05) is 23.7 Å². The molecule has 0 atom stereocenters. The second-order valence-corrected chi connectivity index (χ2v) is 6.04. The Morgan fingerprint density at radius 2 is 2.16 bits per heavy atom. The van der Waals surface area contributed by atoms with Crippen LogP contribution in [0.5, 0.6) is 0 Å². The number of hydrogen-bond acceptors (Lipinski definition) is 2. The highest BCUT2D eigenvalue weighted by molar-refractivity contribution is 5.84. The van der Waals surface area contributed by atoms with Crippen molar-refractivity contribution in [3.63, 3.8) is 0 Å². The maximum Gasteiger partial charge on any atom is 0.0708 e. The highest BCUT2D eigenvalue weighted by Crippen LogP contribution is 2.31. The first-order valence-electron chi connectivity index (χ1n) is 7.45. The molecule has 4 rings (SSSR count). The van der Waals surface area contributed by atoms with Gasteiger partial charge in [-0.3, -0.25) is 4.98 Å². The van der Waals surface area contributed by atoms with E-state index in [2.05, 4.69) is 30.4 Å².